The summed E-state index contributed by atoms with van der Waals surface area (Å²) in [5, 5.41) is 2.61. The van der Waals surface area contributed by atoms with Crippen molar-refractivity contribution in [2.45, 2.75) is 25.0 Å². The standard InChI is InChI=1S/C15H18ClFN2O3/c1-19(2)15(21)13-6-4-10(22-13)8-18-14(20)9-3-5-12(17)11(16)7-9/h3,5,7,10,13H,4,6,8H2,1-2H3,(H,18,20)/t10-,13-/m0/s1. The molecule has 120 valence electrons. The van der Waals surface area contributed by atoms with Crippen LogP contribution in [0.25, 0.3) is 0 Å². The van der Waals surface area contributed by atoms with Crippen LogP contribution in [-0.2, 0) is 9.53 Å². The monoisotopic (exact) mass is 328 g/mol. The van der Waals surface area contributed by atoms with Crippen LogP contribution in [0.5, 0.6) is 0 Å². The molecule has 1 saturated heterocycles. The van der Waals surface area contributed by atoms with Gasteiger partial charge in [0.05, 0.1) is 11.1 Å². The quantitative estimate of drug-likeness (QED) is 0.917. The molecule has 2 rings (SSSR count). The molecule has 0 unspecified atom stereocenters. The van der Waals surface area contributed by atoms with Crippen molar-refractivity contribution in [1.82, 2.24) is 10.2 Å². The minimum absolute atomic E-state index is 0.0702. The average Bonchev–Trinajstić information content (AvgIpc) is 2.95. The molecule has 0 bridgehead atoms. The van der Waals surface area contributed by atoms with Crippen LogP contribution in [0.4, 0.5) is 4.39 Å². The smallest absolute Gasteiger partial charge is 0.251 e. The Labute approximate surface area is 133 Å². The summed E-state index contributed by atoms with van der Waals surface area (Å²) in [6.07, 6.45) is 0.695. The normalized spacial score (nSPS) is 20.7. The van der Waals surface area contributed by atoms with Gasteiger partial charge in [0, 0.05) is 26.2 Å². The second-order valence-electron chi connectivity index (χ2n) is 5.40. The number of halogens is 2. The number of likely N-dealkylation sites (N-methyl/N-ethyl adjacent to an activating group) is 1. The van der Waals surface area contributed by atoms with Gasteiger partial charge in [0.2, 0.25) is 0 Å². The van der Waals surface area contributed by atoms with E-state index in [0.717, 1.165) is 6.07 Å². The van der Waals surface area contributed by atoms with Gasteiger partial charge in [0.15, 0.2) is 0 Å². The number of carbonyl (C=O) groups is 2. The molecule has 1 aliphatic rings. The summed E-state index contributed by atoms with van der Waals surface area (Å²) < 4.78 is 18.7. The highest BCUT2D eigenvalue weighted by molar-refractivity contribution is 6.31. The van der Waals surface area contributed by atoms with Crippen LogP contribution in [0.2, 0.25) is 5.02 Å². The van der Waals surface area contributed by atoms with Gasteiger partial charge in [-0.1, -0.05) is 11.6 Å². The van der Waals surface area contributed by atoms with Gasteiger partial charge < -0.3 is 15.0 Å². The van der Waals surface area contributed by atoms with Gasteiger partial charge in [-0.2, -0.15) is 0 Å². The van der Waals surface area contributed by atoms with Crippen molar-refractivity contribution in [3.63, 3.8) is 0 Å². The molecular formula is C15H18ClFN2O3. The molecule has 1 aromatic rings. The second kappa shape index (κ2) is 7.07. The number of hydrogen-bond acceptors (Lipinski definition) is 3. The third-order valence-corrected chi connectivity index (χ3v) is 3.79. The lowest BCUT2D eigenvalue weighted by atomic mass is 10.1. The van der Waals surface area contributed by atoms with Gasteiger partial charge in [0.1, 0.15) is 11.9 Å². The van der Waals surface area contributed by atoms with E-state index in [9.17, 15) is 14.0 Å². The molecule has 1 N–H and O–H groups in total. The largest absolute Gasteiger partial charge is 0.363 e. The van der Waals surface area contributed by atoms with Crippen molar-refractivity contribution < 1.29 is 18.7 Å². The van der Waals surface area contributed by atoms with Gasteiger partial charge in [-0.05, 0) is 31.0 Å². The van der Waals surface area contributed by atoms with E-state index < -0.39 is 11.9 Å². The van der Waals surface area contributed by atoms with Crippen molar-refractivity contribution in [2.75, 3.05) is 20.6 Å². The fourth-order valence-electron chi connectivity index (χ4n) is 2.27. The third-order valence-electron chi connectivity index (χ3n) is 3.50. The molecule has 0 saturated carbocycles. The summed E-state index contributed by atoms with van der Waals surface area (Å²) in [5.41, 5.74) is 0.283. The van der Waals surface area contributed by atoms with Gasteiger partial charge in [-0.15, -0.1) is 0 Å². The first-order valence-corrected chi connectivity index (χ1v) is 7.36. The molecule has 1 aromatic carbocycles. The predicted molar refractivity (Wildman–Crippen MR) is 80.3 cm³/mol. The number of rotatable bonds is 4. The van der Waals surface area contributed by atoms with E-state index in [1.807, 2.05) is 0 Å². The van der Waals surface area contributed by atoms with E-state index in [1.54, 1.807) is 14.1 Å². The summed E-state index contributed by atoms with van der Waals surface area (Å²) in [6, 6.07) is 3.79. The molecule has 2 atom stereocenters. The van der Waals surface area contributed by atoms with E-state index >= 15 is 0 Å². The molecule has 1 aliphatic heterocycles. The lowest BCUT2D eigenvalue weighted by Gasteiger charge is -2.17. The van der Waals surface area contributed by atoms with Gasteiger partial charge in [0.25, 0.3) is 11.8 Å². The van der Waals surface area contributed by atoms with Crippen LogP contribution >= 0.6 is 11.6 Å². The Bertz CT molecular complexity index is 580. The first kappa shape index (κ1) is 16.7. The van der Waals surface area contributed by atoms with Crippen LogP contribution < -0.4 is 5.32 Å². The zero-order valence-electron chi connectivity index (χ0n) is 12.4. The second-order valence-corrected chi connectivity index (χ2v) is 5.80. The molecule has 2 amide bonds. The van der Waals surface area contributed by atoms with Crippen LogP contribution in [0.1, 0.15) is 23.2 Å². The average molecular weight is 329 g/mol. The molecular weight excluding hydrogens is 311 g/mol. The maximum absolute atomic E-state index is 13.1. The zero-order chi connectivity index (χ0) is 16.3. The molecule has 1 fully saturated rings. The van der Waals surface area contributed by atoms with Crippen LogP contribution in [0.3, 0.4) is 0 Å². The highest BCUT2D eigenvalue weighted by atomic mass is 35.5. The summed E-state index contributed by atoms with van der Waals surface area (Å²) >= 11 is 5.65. The number of hydrogen-bond donors (Lipinski definition) is 1. The van der Waals surface area contributed by atoms with E-state index in [4.69, 9.17) is 16.3 Å². The fraction of sp³-hybridized carbons (Fsp3) is 0.467. The molecule has 0 aromatic heterocycles. The molecule has 7 heteroatoms. The fourth-order valence-corrected chi connectivity index (χ4v) is 2.45. The lowest BCUT2D eigenvalue weighted by Crippen LogP contribution is -2.36. The first-order valence-electron chi connectivity index (χ1n) is 6.98. The number of benzene rings is 1. The van der Waals surface area contributed by atoms with Gasteiger partial charge in [-0.3, -0.25) is 9.59 Å². The minimum atomic E-state index is -0.567. The Morgan fingerprint density at radius 1 is 1.41 bits per heavy atom. The van der Waals surface area contributed by atoms with Crippen LogP contribution in [0, 0.1) is 5.82 Å². The summed E-state index contributed by atoms with van der Waals surface area (Å²) in [7, 11) is 3.36. The minimum Gasteiger partial charge on any atom is -0.363 e. The van der Waals surface area contributed by atoms with E-state index in [2.05, 4.69) is 5.32 Å². The topological polar surface area (TPSA) is 58.6 Å². The van der Waals surface area contributed by atoms with Gasteiger partial charge >= 0.3 is 0 Å². The van der Waals surface area contributed by atoms with E-state index in [0.29, 0.717) is 19.4 Å². The molecule has 0 spiro atoms. The number of carbonyl (C=O) groups excluding carboxylic acids is 2. The molecule has 0 aliphatic carbocycles. The maximum Gasteiger partial charge on any atom is 0.251 e. The Balaban J connectivity index is 1.85. The summed E-state index contributed by atoms with van der Waals surface area (Å²) in [4.78, 5) is 25.2. The molecule has 1 heterocycles. The van der Waals surface area contributed by atoms with Crippen molar-refractivity contribution >= 4 is 23.4 Å². The SMILES string of the molecule is CN(C)C(=O)[C@@H]1CC[C@@H](CNC(=O)c2ccc(F)c(Cl)c2)O1. The molecule has 0 radical (unpaired) electrons. The predicted octanol–water partition coefficient (Wildman–Crippen LogP) is 1.84. The van der Waals surface area contributed by atoms with Crippen LogP contribution in [0.15, 0.2) is 18.2 Å². The van der Waals surface area contributed by atoms with Crippen LogP contribution in [-0.4, -0.2) is 49.6 Å². The maximum atomic E-state index is 13.1. The van der Waals surface area contributed by atoms with Gasteiger partial charge in [-0.25, -0.2) is 4.39 Å². The van der Waals surface area contributed by atoms with Crippen molar-refractivity contribution in [2.24, 2.45) is 0 Å². The Kier molecular flexibility index (Phi) is 5.37. The van der Waals surface area contributed by atoms with Crippen molar-refractivity contribution in [3.05, 3.63) is 34.6 Å². The summed E-state index contributed by atoms with van der Waals surface area (Å²) in [6.45, 7) is 0.297. The highest BCUT2D eigenvalue weighted by Gasteiger charge is 2.31. The zero-order valence-corrected chi connectivity index (χ0v) is 13.2. The number of nitrogens with zero attached hydrogens (tertiary/aromatic N) is 1. The molecule has 5 nitrogen and oxygen atoms in total. The highest BCUT2D eigenvalue weighted by Crippen LogP contribution is 2.21. The van der Waals surface area contributed by atoms with E-state index in [-0.39, 0.29) is 28.5 Å². The van der Waals surface area contributed by atoms with E-state index in [1.165, 1.54) is 17.0 Å². The first-order chi connectivity index (χ1) is 10.4. The van der Waals surface area contributed by atoms with Crippen molar-refractivity contribution in [3.8, 4) is 0 Å². The number of nitrogens with one attached hydrogen (secondary N) is 1. The Hall–Kier alpha value is -1.66. The van der Waals surface area contributed by atoms with Crippen molar-refractivity contribution in [1.29, 1.82) is 0 Å². The Morgan fingerprint density at radius 3 is 2.77 bits per heavy atom. The lowest BCUT2D eigenvalue weighted by molar-refractivity contribution is -0.140. The summed E-state index contributed by atoms with van der Waals surface area (Å²) in [5.74, 6) is -0.991. The number of ether oxygens (including phenoxy) is 1. The third kappa shape index (κ3) is 3.96. The molecule has 22 heavy (non-hydrogen) atoms. The number of amides is 2. The Morgan fingerprint density at radius 2 is 2.14 bits per heavy atom.